The molecule has 1 saturated carbocycles. The van der Waals surface area contributed by atoms with E-state index in [4.69, 9.17) is 0 Å². The number of carbonyl (C=O) groups excluding carboxylic acids is 1. The quantitative estimate of drug-likeness (QED) is 0.695. The molecule has 2 unspecified atom stereocenters. The molecule has 148 valence electrons. The van der Waals surface area contributed by atoms with Crippen LogP contribution in [0.3, 0.4) is 0 Å². The summed E-state index contributed by atoms with van der Waals surface area (Å²) in [6.07, 6.45) is 7.48. The van der Waals surface area contributed by atoms with Gasteiger partial charge in [0, 0.05) is 54.8 Å². The summed E-state index contributed by atoms with van der Waals surface area (Å²) in [7, 11) is 0. The van der Waals surface area contributed by atoms with Crippen LogP contribution in [-0.4, -0.2) is 33.4 Å². The van der Waals surface area contributed by atoms with Crippen molar-refractivity contribution in [3.05, 3.63) is 52.8 Å². The molecule has 1 aromatic carbocycles. The van der Waals surface area contributed by atoms with Crippen LogP contribution in [0, 0.1) is 6.92 Å². The Balaban J connectivity index is 1.51. The molecular weight excluding hydrogens is 360 g/mol. The molecule has 29 heavy (non-hydrogen) atoms. The molecule has 6 rings (SSSR count). The topological polar surface area (TPSA) is 61.0 Å². The third kappa shape index (κ3) is 2.64. The smallest absolute Gasteiger partial charge is 0.220 e. The molecule has 0 bridgehead atoms. The van der Waals surface area contributed by atoms with Crippen molar-refractivity contribution < 1.29 is 4.79 Å². The van der Waals surface area contributed by atoms with Gasteiger partial charge >= 0.3 is 0 Å². The van der Waals surface area contributed by atoms with Crippen LogP contribution in [0.2, 0.25) is 0 Å². The predicted molar refractivity (Wildman–Crippen MR) is 114 cm³/mol. The number of aromatic amines is 1. The van der Waals surface area contributed by atoms with Gasteiger partial charge in [0.1, 0.15) is 5.65 Å². The number of H-pyrrole nitrogens is 1. The fourth-order valence-corrected chi connectivity index (χ4v) is 5.44. The van der Waals surface area contributed by atoms with Crippen molar-refractivity contribution in [1.82, 2.24) is 20.2 Å². The maximum atomic E-state index is 12.2. The number of hydrogen-bond donors (Lipinski definition) is 2. The molecule has 5 nitrogen and oxygen atoms in total. The van der Waals surface area contributed by atoms with Crippen LogP contribution < -0.4 is 5.32 Å². The number of amides is 1. The summed E-state index contributed by atoms with van der Waals surface area (Å²) in [5.74, 6) is 0.698. The Bertz CT molecular complexity index is 1140. The first-order valence-electron chi connectivity index (χ1n) is 10.7. The van der Waals surface area contributed by atoms with Crippen molar-refractivity contribution in [2.75, 3.05) is 6.54 Å². The largest absolute Gasteiger partial charge is 0.346 e. The van der Waals surface area contributed by atoms with Crippen molar-refractivity contribution in [1.29, 1.82) is 0 Å². The lowest BCUT2D eigenvalue weighted by molar-refractivity contribution is -0.130. The number of rotatable bonds is 2. The zero-order valence-corrected chi connectivity index (χ0v) is 17.0. The minimum atomic E-state index is 0.204. The fraction of sp³-hybridized carbons (Fsp3) is 0.417. The molecule has 0 radical (unpaired) electrons. The van der Waals surface area contributed by atoms with Crippen molar-refractivity contribution in [3.63, 3.8) is 0 Å². The summed E-state index contributed by atoms with van der Waals surface area (Å²) >= 11 is 0. The van der Waals surface area contributed by atoms with E-state index in [1.807, 2.05) is 12.4 Å². The monoisotopic (exact) mass is 386 g/mol. The van der Waals surface area contributed by atoms with Gasteiger partial charge in [-0.3, -0.25) is 4.79 Å². The van der Waals surface area contributed by atoms with Gasteiger partial charge in [-0.15, -0.1) is 0 Å². The molecule has 2 aromatic heterocycles. The van der Waals surface area contributed by atoms with Crippen molar-refractivity contribution >= 4 is 16.9 Å². The summed E-state index contributed by atoms with van der Waals surface area (Å²) in [6.45, 7) is 5.66. The standard InChI is InChI=1S/C24H26N4O/c1-13-10-26-24-17(13)8-16(11-27-24)15-6-18-20-9-23(20)28(14(2)29)12-21(18)19(7-15)22-4-3-5-25-22/h6-8,10-11,20,22-23,25H,3-5,9,12H2,1-2H3,(H,26,27)/t20?,22-,23?/m0/s1. The van der Waals surface area contributed by atoms with E-state index in [1.165, 1.54) is 45.2 Å². The number of fused-ring (bicyclic) bond motifs is 4. The van der Waals surface area contributed by atoms with Gasteiger partial charge in [0.15, 0.2) is 0 Å². The number of nitrogens with one attached hydrogen (secondary N) is 2. The third-order valence-corrected chi connectivity index (χ3v) is 7.12. The number of benzene rings is 1. The minimum Gasteiger partial charge on any atom is -0.346 e. The summed E-state index contributed by atoms with van der Waals surface area (Å²) in [5, 5.41) is 4.87. The Morgan fingerprint density at radius 3 is 2.86 bits per heavy atom. The summed E-state index contributed by atoms with van der Waals surface area (Å²) in [6, 6.07) is 7.77. The molecule has 2 aliphatic heterocycles. The Morgan fingerprint density at radius 2 is 2.07 bits per heavy atom. The number of aromatic nitrogens is 2. The third-order valence-electron chi connectivity index (χ3n) is 7.12. The van der Waals surface area contributed by atoms with Crippen LogP contribution >= 0.6 is 0 Å². The van der Waals surface area contributed by atoms with Gasteiger partial charge in [-0.05, 0) is 72.7 Å². The number of nitrogens with zero attached hydrogens (tertiary/aromatic N) is 2. The highest BCUT2D eigenvalue weighted by Gasteiger charge is 2.49. The number of hydrogen-bond acceptors (Lipinski definition) is 3. The molecule has 1 saturated heterocycles. The molecule has 2 N–H and O–H groups in total. The van der Waals surface area contributed by atoms with Gasteiger partial charge in [0.2, 0.25) is 5.91 Å². The molecule has 3 atom stereocenters. The van der Waals surface area contributed by atoms with Gasteiger partial charge in [-0.1, -0.05) is 6.07 Å². The fourth-order valence-electron chi connectivity index (χ4n) is 5.44. The highest BCUT2D eigenvalue weighted by atomic mass is 16.2. The predicted octanol–water partition coefficient (Wildman–Crippen LogP) is 4.18. The summed E-state index contributed by atoms with van der Waals surface area (Å²) in [5.41, 5.74) is 8.83. The Morgan fingerprint density at radius 1 is 1.21 bits per heavy atom. The van der Waals surface area contributed by atoms with Crippen LogP contribution in [0.25, 0.3) is 22.2 Å². The zero-order chi connectivity index (χ0) is 19.7. The lowest BCUT2D eigenvalue weighted by Gasteiger charge is -2.31. The molecule has 3 aliphatic rings. The van der Waals surface area contributed by atoms with Crippen LogP contribution in [0.5, 0.6) is 0 Å². The molecule has 1 amide bonds. The van der Waals surface area contributed by atoms with E-state index in [0.717, 1.165) is 31.6 Å². The van der Waals surface area contributed by atoms with Crippen molar-refractivity contribution in [3.8, 4) is 11.1 Å². The summed E-state index contributed by atoms with van der Waals surface area (Å²) in [4.78, 5) is 22.2. The average Bonchev–Trinajstić information content (AvgIpc) is 3.17. The second-order valence-corrected chi connectivity index (χ2v) is 8.93. The Hall–Kier alpha value is -2.66. The molecule has 3 aromatic rings. The van der Waals surface area contributed by atoms with E-state index in [9.17, 15) is 4.79 Å². The van der Waals surface area contributed by atoms with Gasteiger partial charge in [0.25, 0.3) is 0 Å². The highest BCUT2D eigenvalue weighted by Crippen LogP contribution is 2.52. The lowest BCUT2D eigenvalue weighted by atomic mass is 9.86. The zero-order valence-electron chi connectivity index (χ0n) is 17.0. The van der Waals surface area contributed by atoms with Gasteiger partial charge < -0.3 is 15.2 Å². The second kappa shape index (κ2) is 6.17. The van der Waals surface area contributed by atoms with Crippen molar-refractivity contribution in [2.24, 2.45) is 0 Å². The van der Waals surface area contributed by atoms with Crippen molar-refractivity contribution in [2.45, 2.75) is 57.7 Å². The molecule has 0 spiro atoms. The first-order valence-corrected chi connectivity index (χ1v) is 10.7. The normalized spacial score (nSPS) is 25.2. The average molecular weight is 386 g/mol. The second-order valence-electron chi connectivity index (χ2n) is 8.93. The first-order chi connectivity index (χ1) is 14.1. The SMILES string of the molecule is CC(=O)N1Cc2c(cc(-c3cnc4[nH]cc(C)c4c3)cc2[C@@H]2CCCN2)C2CC21. The number of aryl methyl sites for hydroxylation is 1. The number of carbonyl (C=O) groups is 1. The van der Waals surface area contributed by atoms with E-state index in [1.54, 1.807) is 6.92 Å². The molecule has 4 heterocycles. The Labute approximate surface area is 170 Å². The highest BCUT2D eigenvalue weighted by molar-refractivity contribution is 5.85. The Kier molecular flexibility index (Phi) is 3.66. The lowest BCUT2D eigenvalue weighted by Crippen LogP contribution is -2.35. The van der Waals surface area contributed by atoms with Gasteiger partial charge in [-0.25, -0.2) is 4.98 Å². The number of pyridine rings is 1. The van der Waals surface area contributed by atoms with E-state index in [2.05, 4.69) is 45.3 Å². The van der Waals surface area contributed by atoms with Gasteiger partial charge in [-0.2, -0.15) is 0 Å². The van der Waals surface area contributed by atoms with E-state index in [0.29, 0.717) is 18.0 Å². The molecule has 2 fully saturated rings. The molecule has 1 aliphatic carbocycles. The maximum absolute atomic E-state index is 12.2. The van der Waals surface area contributed by atoms with E-state index in [-0.39, 0.29) is 5.91 Å². The first kappa shape index (κ1) is 17.2. The minimum absolute atomic E-state index is 0.204. The van der Waals surface area contributed by atoms with E-state index >= 15 is 0 Å². The summed E-state index contributed by atoms with van der Waals surface area (Å²) < 4.78 is 0. The van der Waals surface area contributed by atoms with E-state index < -0.39 is 0 Å². The molecule has 5 heteroatoms. The van der Waals surface area contributed by atoms with Crippen LogP contribution in [-0.2, 0) is 11.3 Å². The molecular formula is C24H26N4O. The van der Waals surface area contributed by atoms with Gasteiger partial charge in [0.05, 0.1) is 0 Å². The maximum Gasteiger partial charge on any atom is 0.220 e. The van der Waals surface area contributed by atoms with Crippen LogP contribution in [0.4, 0.5) is 0 Å². The van der Waals surface area contributed by atoms with Crippen LogP contribution in [0.1, 0.15) is 60.4 Å². The van der Waals surface area contributed by atoms with Crippen LogP contribution in [0.15, 0.2) is 30.6 Å².